The van der Waals surface area contributed by atoms with Crippen LogP contribution >= 0.6 is 11.6 Å². The number of nitrogens with one attached hydrogen (secondary N) is 2. The molecule has 1 fully saturated rings. The van der Waals surface area contributed by atoms with Crippen LogP contribution in [-0.4, -0.2) is 16.0 Å². The van der Waals surface area contributed by atoms with Crippen LogP contribution in [0.4, 0.5) is 11.5 Å². The Bertz CT molecular complexity index is 696. The van der Waals surface area contributed by atoms with Gasteiger partial charge in [-0.05, 0) is 43.0 Å². The van der Waals surface area contributed by atoms with Crippen LogP contribution in [0.2, 0.25) is 5.15 Å². The highest BCUT2D eigenvalue weighted by Gasteiger charge is 2.23. The van der Waals surface area contributed by atoms with E-state index in [0.717, 1.165) is 34.8 Å². The zero-order chi connectivity index (χ0) is 17.5. The number of nitrogens with zero attached hydrogens (tertiary/aromatic N) is 2. The van der Waals surface area contributed by atoms with Gasteiger partial charge in [-0.3, -0.25) is 0 Å². The van der Waals surface area contributed by atoms with Gasteiger partial charge >= 0.3 is 0 Å². The van der Waals surface area contributed by atoms with E-state index < -0.39 is 0 Å². The number of hydrogen-bond acceptors (Lipinski definition) is 4. The minimum Gasteiger partial charge on any atom is -0.367 e. The molecule has 1 saturated carbocycles. The van der Waals surface area contributed by atoms with E-state index >= 15 is 0 Å². The van der Waals surface area contributed by atoms with Gasteiger partial charge in [-0.25, -0.2) is 9.97 Å². The summed E-state index contributed by atoms with van der Waals surface area (Å²) < 4.78 is 0. The Balaban J connectivity index is 0.00000100. The standard InChI is InChI=1S/C17H19ClN4.C2H6/c1-3-12-8-10-19-16(18)15(12)21-11(2)14-5-4-9-20-17(14)22-13-6-7-13;1-2/h4-5,8-10,13,21H,2-3,6-7H2,1H3,(H,20,22);1-2H3. The van der Waals surface area contributed by atoms with E-state index in [9.17, 15) is 0 Å². The summed E-state index contributed by atoms with van der Waals surface area (Å²) in [6, 6.07) is 6.41. The molecule has 0 bridgehead atoms. The third-order valence-electron chi connectivity index (χ3n) is 3.70. The Hall–Kier alpha value is -2.07. The quantitative estimate of drug-likeness (QED) is 0.691. The second kappa shape index (κ2) is 8.69. The molecule has 24 heavy (non-hydrogen) atoms. The molecule has 1 aliphatic carbocycles. The summed E-state index contributed by atoms with van der Waals surface area (Å²) in [4.78, 5) is 8.57. The van der Waals surface area contributed by atoms with Gasteiger partial charge in [0.15, 0.2) is 5.15 Å². The van der Waals surface area contributed by atoms with Gasteiger partial charge in [-0.2, -0.15) is 0 Å². The second-order valence-corrected chi connectivity index (χ2v) is 5.77. The molecule has 2 heterocycles. The van der Waals surface area contributed by atoms with Gasteiger partial charge < -0.3 is 10.6 Å². The number of anilines is 2. The second-order valence-electron chi connectivity index (χ2n) is 5.41. The molecule has 0 amide bonds. The highest BCUT2D eigenvalue weighted by Crippen LogP contribution is 2.31. The van der Waals surface area contributed by atoms with Gasteiger partial charge in [0, 0.05) is 29.7 Å². The summed E-state index contributed by atoms with van der Waals surface area (Å²) in [5.41, 5.74) is 3.65. The lowest BCUT2D eigenvalue weighted by molar-refractivity contribution is 1.10. The maximum absolute atomic E-state index is 6.23. The third-order valence-corrected chi connectivity index (χ3v) is 3.99. The Morgan fingerprint density at radius 1 is 1.25 bits per heavy atom. The molecule has 4 nitrogen and oxygen atoms in total. The summed E-state index contributed by atoms with van der Waals surface area (Å²) in [5, 5.41) is 7.20. The highest BCUT2D eigenvalue weighted by molar-refractivity contribution is 6.32. The molecule has 0 aliphatic heterocycles. The van der Waals surface area contributed by atoms with Crippen molar-refractivity contribution in [3.63, 3.8) is 0 Å². The molecule has 3 rings (SSSR count). The van der Waals surface area contributed by atoms with E-state index in [4.69, 9.17) is 11.6 Å². The van der Waals surface area contributed by atoms with Gasteiger partial charge in [-0.1, -0.05) is 39.0 Å². The fourth-order valence-corrected chi connectivity index (χ4v) is 2.53. The number of rotatable bonds is 6. The maximum Gasteiger partial charge on any atom is 0.152 e. The monoisotopic (exact) mass is 344 g/mol. The SMILES string of the molecule is C=C(Nc1c(CC)ccnc1Cl)c1cccnc1NC1CC1.CC. The summed E-state index contributed by atoms with van der Waals surface area (Å²) >= 11 is 6.23. The number of hydrogen-bond donors (Lipinski definition) is 2. The molecule has 128 valence electrons. The topological polar surface area (TPSA) is 49.8 Å². The lowest BCUT2D eigenvalue weighted by Crippen LogP contribution is -2.09. The van der Waals surface area contributed by atoms with Crippen molar-refractivity contribution in [2.45, 2.75) is 46.1 Å². The van der Waals surface area contributed by atoms with E-state index in [1.165, 1.54) is 12.8 Å². The van der Waals surface area contributed by atoms with Crippen LogP contribution in [0.15, 0.2) is 37.2 Å². The van der Waals surface area contributed by atoms with Crippen molar-refractivity contribution in [3.8, 4) is 0 Å². The van der Waals surface area contributed by atoms with Crippen molar-refractivity contribution in [2.75, 3.05) is 10.6 Å². The first-order chi connectivity index (χ1) is 11.7. The molecule has 5 heteroatoms. The van der Waals surface area contributed by atoms with Gasteiger partial charge in [-0.15, -0.1) is 0 Å². The highest BCUT2D eigenvalue weighted by atomic mass is 35.5. The molecule has 0 aromatic carbocycles. The molecule has 0 radical (unpaired) electrons. The lowest BCUT2D eigenvalue weighted by Gasteiger charge is -2.16. The average Bonchev–Trinajstić information content (AvgIpc) is 3.43. The van der Waals surface area contributed by atoms with Crippen LogP contribution in [0.25, 0.3) is 5.70 Å². The molecule has 1 aliphatic rings. The minimum absolute atomic E-state index is 0.459. The molecule has 0 atom stereocenters. The van der Waals surface area contributed by atoms with Crippen LogP contribution in [0.5, 0.6) is 0 Å². The summed E-state index contributed by atoms with van der Waals surface area (Å²) in [6.07, 6.45) is 6.78. The molecular formula is C19H25ClN4. The van der Waals surface area contributed by atoms with Gasteiger partial charge in [0.25, 0.3) is 0 Å². The van der Waals surface area contributed by atoms with Crippen LogP contribution in [0.3, 0.4) is 0 Å². The number of aryl methyl sites for hydroxylation is 1. The van der Waals surface area contributed by atoms with E-state index in [-0.39, 0.29) is 0 Å². The Kier molecular flexibility index (Phi) is 6.62. The number of halogens is 1. The Morgan fingerprint density at radius 2 is 2.00 bits per heavy atom. The Labute approximate surface area is 149 Å². The molecule has 0 spiro atoms. The normalized spacial score (nSPS) is 12.8. The van der Waals surface area contributed by atoms with Crippen LogP contribution in [0.1, 0.15) is 44.7 Å². The Morgan fingerprint density at radius 3 is 2.67 bits per heavy atom. The molecular weight excluding hydrogens is 320 g/mol. The fourth-order valence-electron chi connectivity index (χ4n) is 2.30. The largest absolute Gasteiger partial charge is 0.367 e. The van der Waals surface area contributed by atoms with Crippen LogP contribution in [0, 0.1) is 0 Å². The molecule has 2 aromatic heterocycles. The van der Waals surface area contributed by atoms with Gasteiger partial charge in [0.1, 0.15) is 5.82 Å². The maximum atomic E-state index is 6.23. The van der Waals surface area contributed by atoms with E-state index in [1.807, 2.05) is 32.0 Å². The zero-order valence-corrected chi connectivity index (χ0v) is 15.3. The van der Waals surface area contributed by atoms with Crippen molar-refractivity contribution in [1.82, 2.24) is 9.97 Å². The third kappa shape index (κ3) is 4.48. The molecule has 2 N–H and O–H groups in total. The van der Waals surface area contributed by atoms with Crippen molar-refractivity contribution < 1.29 is 0 Å². The van der Waals surface area contributed by atoms with E-state index in [1.54, 1.807) is 12.4 Å². The zero-order valence-electron chi connectivity index (χ0n) is 14.6. The first-order valence-corrected chi connectivity index (χ1v) is 8.88. The summed E-state index contributed by atoms with van der Waals surface area (Å²) in [6.45, 7) is 10.2. The first-order valence-electron chi connectivity index (χ1n) is 8.50. The minimum atomic E-state index is 0.459. The van der Waals surface area contributed by atoms with Crippen molar-refractivity contribution in [1.29, 1.82) is 0 Å². The fraction of sp³-hybridized carbons (Fsp3) is 0.368. The van der Waals surface area contributed by atoms with E-state index in [2.05, 4.69) is 34.1 Å². The number of pyridine rings is 2. The predicted molar refractivity (Wildman–Crippen MR) is 104 cm³/mol. The summed E-state index contributed by atoms with van der Waals surface area (Å²) in [5.74, 6) is 0.862. The molecule has 0 saturated heterocycles. The van der Waals surface area contributed by atoms with E-state index in [0.29, 0.717) is 11.2 Å². The average molecular weight is 345 g/mol. The van der Waals surface area contributed by atoms with Gasteiger partial charge in [0.05, 0.1) is 5.69 Å². The lowest BCUT2D eigenvalue weighted by atomic mass is 10.1. The van der Waals surface area contributed by atoms with Gasteiger partial charge in [0.2, 0.25) is 0 Å². The van der Waals surface area contributed by atoms with Crippen molar-refractivity contribution in [3.05, 3.63) is 53.5 Å². The summed E-state index contributed by atoms with van der Waals surface area (Å²) in [7, 11) is 0. The van der Waals surface area contributed by atoms with Crippen LogP contribution in [-0.2, 0) is 6.42 Å². The molecule has 0 unspecified atom stereocenters. The molecule has 2 aromatic rings. The predicted octanol–water partition coefficient (Wildman–Crippen LogP) is 5.38. The van der Waals surface area contributed by atoms with Crippen LogP contribution < -0.4 is 10.6 Å². The van der Waals surface area contributed by atoms with Crippen molar-refractivity contribution >= 4 is 28.8 Å². The smallest absolute Gasteiger partial charge is 0.152 e. The number of aromatic nitrogens is 2. The van der Waals surface area contributed by atoms with Crippen molar-refractivity contribution in [2.24, 2.45) is 0 Å². The first kappa shape index (κ1) is 18.3.